The number of carboxylic acid groups (broad SMARTS) is 1. The van der Waals surface area contributed by atoms with Crippen molar-refractivity contribution in [1.82, 2.24) is 10.2 Å². The predicted molar refractivity (Wildman–Crippen MR) is 52.8 cm³/mol. The second kappa shape index (κ2) is 3.20. The van der Waals surface area contributed by atoms with Gasteiger partial charge in [-0.3, -0.25) is 9.89 Å². The van der Waals surface area contributed by atoms with Crippen LogP contribution in [0.1, 0.15) is 16.1 Å². The van der Waals surface area contributed by atoms with Gasteiger partial charge in [-0.1, -0.05) is 0 Å². The van der Waals surface area contributed by atoms with Gasteiger partial charge in [-0.25, -0.2) is 4.79 Å². The molecule has 0 amide bonds. The molecule has 5 nitrogen and oxygen atoms in total. The third kappa shape index (κ3) is 1.48. The number of H-pyrrole nitrogens is 1. The van der Waals surface area contributed by atoms with Crippen molar-refractivity contribution >= 4 is 22.7 Å². The summed E-state index contributed by atoms with van der Waals surface area (Å²) in [5.74, 6) is -2.35. The van der Waals surface area contributed by atoms with E-state index in [0.717, 1.165) is 16.6 Å². The summed E-state index contributed by atoms with van der Waals surface area (Å²) < 4.78 is 0. The van der Waals surface area contributed by atoms with Gasteiger partial charge in [-0.15, -0.1) is 0 Å². The van der Waals surface area contributed by atoms with Crippen LogP contribution in [-0.4, -0.2) is 27.1 Å². The van der Waals surface area contributed by atoms with Crippen LogP contribution in [0.4, 0.5) is 0 Å². The highest BCUT2D eigenvalue weighted by molar-refractivity contribution is 6.40. The molecule has 0 unspecified atom stereocenters. The summed E-state index contributed by atoms with van der Waals surface area (Å²) in [6, 6.07) is 4.61. The van der Waals surface area contributed by atoms with E-state index in [-0.39, 0.29) is 5.56 Å². The van der Waals surface area contributed by atoms with E-state index in [0.29, 0.717) is 0 Å². The van der Waals surface area contributed by atoms with Gasteiger partial charge in [-0.05, 0) is 25.1 Å². The average Bonchev–Trinajstić information content (AvgIpc) is 2.59. The van der Waals surface area contributed by atoms with Crippen LogP contribution in [-0.2, 0) is 4.79 Å². The zero-order chi connectivity index (χ0) is 11.0. The van der Waals surface area contributed by atoms with Gasteiger partial charge in [-0.2, -0.15) is 5.10 Å². The van der Waals surface area contributed by atoms with Crippen LogP contribution in [0.15, 0.2) is 18.2 Å². The fourth-order valence-electron chi connectivity index (χ4n) is 1.40. The zero-order valence-corrected chi connectivity index (χ0v) is 7.94. The number of carbonyl (C=O) groups is 2. The highest BCUT2D eigenvalue weighted by Crippen LogP contribution is 2.17. The first-order valence-electron chi connectivity index (χ1n) is 4.32. The van der Waals surface area contributed by atoms with Crippen molar-refractivity contribution in [2.45, 2.75) is 6.92 Å². The van der Waals surface area contributed by atoms with Gasteiger partial charge in [0.25, 0.3) is 5.78 Å². The van der Waals surface area contributed by atoms with Crippen LogP contribution < -0.4 is 0 Å². The Morgan fingerprint density at radius 1 is 1.40 bits per heavy atom. The molecule has 76 valence electrons. The molecule has 2 aromatic rings. The lowest BCUT2D eigenvalue weighted by atomic mass is 10.1. The lowest BCUT2D eigenvalue weighted by Crippen LogP contribution is -2.12. The van der Waals surface area contributed by atoms with E-state index in [1.165, 1.54) is 12.1 Å². The molecule has 0 saturated heterocycles. The van der Waals surface area contributed by atoms with Crippen LogP contribution in [0, 0.1) is 6.92 Å². The highest BCUT2D eigenvalue weighted by atomic mass is 16.4. The Bertz CT molecular complexity index is 557. The van der Waals surface area contributed by atoms with Crippen molar-refractivity contribution in [3.8, 4) is 0 Å². The van der Waals surface area contributed by atoms with E-state index >= 15 is 0 Å². The number of rotatable bonds is 2. The Hall–Kier alpha value is -2.17. The van der Waals surface area contributed by atoms with E-state index in [4.69, 9.17) is 5.11 Å². The molecule has 1 aromatic heterocycles. The molecule has 0 bridgehead atoms. The minimum absolute atomic E-state index is 0.166. The van der Waals surface area contributed by atoms with Gasteiger partial charge in [0.15, 0.2) is 0 Å². The van der Waals surface area contributed by atoms with E-state index in [1.54, 1.807) is 6.07 Å². The number of aromatic amines is 1. The Kier molecular flexibility index (Phi) is 2.00. The SMILES string of the molecule is Cc1[nH]nc2ccc(C(=O)C(=O)O)cc12. The van der Waals surface area contributed by atoms with Crippen LogP contribution >= 0.6 is 0 Å². The standard InChI is InChI=1S/C10H8N2O3/c1-5-7-4-6(9(13)10(14)15)2-3-8(7)12-11-5/h2-4H,1H3,(H,11,12)(H,14,15). The fraction of sp³-hybridized carbons (Fsp3) is 0.100. The Balaban J connectivity index is 2.59. The summed E-state index contributed by atoms with van der Waals surface area (Å²) in [7, 11) is 0. The van der Waals surface area contributed by atoms with Gasteiger partial charge in [0.2, 0.25) is 0 Å². The summed E-state index contributed by atoms with van der Waals surface area (Å²) in [4.78, 5) is 21.7. The van der Waals surface area contributed by atoms with E-state index in [2.05, 4.69) is 10.2 Å². The largest absolute Gasteiger partial charge is 0.475 e. The summed E-state index contributed by atoms with van der Waals surface area (Å²) in [5, 5.41) is 16.1. The van der Waals surface area contributed by atoms with E-state index in [9.17, 15) is 9.59 Å². The lowest BCUT2D eigenvalue weighted by Gasteiger charge is -1.95. The minimum Gasteiger partial charge on any atom is -0.475 e. The monoisotopic (exact) mass is 204 g/mol. The van der Waals surface area contributed by atoms with Crippen LogP contribution in [0.25, 0.3) is 10.9 Å². The van der Waals surface area contributed by atoms with Crippen molar-refractivity contribution in [1.29, 1.82) is 0 Å². The number of ketones is 1. The van der Waals surface area contributed by atoms with Gasteiger partial charge in [0, 0.05) is 16.6 Å². The van der Waals surface area contributed by atoms with Gasteiger partial charge < -0.3 is 5.11 Å². The van der Waals surface area contributed by atoms with Gasteiger partial charge in [0.05, 0.1) is 5.52 Å². The number of hydrogen-bond acceptors (Lipinski definition) is 3. The Morgan fingerprint density at radius 2 is 2.13 bits per heavy atom. The van der Waals surface area contributed by atoms with Crippen LogP contribution in [0.2, 0.25) is 0 Å². The highest BCUT2D eigenvalue weighted by Gasteiger charge is 2.15. The quantitative estimate of drug-likeness (QED) is 0.567. The first kappa shape index (κ1) is 9.39. The molecular formula is C10H8N2O3. The maximum atomic E-state index is 11.2. The number of Topliss-reactive ketones (excluding diaryl/α,β-unsaturated/α-hetero) is 1. The molecule has 0 saturated carbocycles. The smallest absolute Gasteiger partial charge is 0.377 e. The first-order valence-corrected chi connectivity index (χ1v) is 4.32. The number of nitrogens with zero attached hydrogens (tertiary/aromatic N) is 1. The maximum Gasteiger partial charge on any atom is 0.377 e. The fourth-order valence-corrected chi connectivity index (χ4v) is 1.40. The van der Waals surface area contributed by atoms with E-state index < -0.39 is 11.8 Å². The number of benzene rings is 1. The summed E-state index contributed by atoms with van der Waals surface area (Å²) in [6.07, 6.45) is 0. The third-order valence-corrected chi connectivity index (χ3v) is 2.20. The van der Waals surface area contributed by atoms with Crippen LogP contribution in [0.5, 0.6) is 0 Å². The number of aliphatic carboxylic acids is 1. The molecule has 2 N–H and O–H groups in total. The lowest BCUT2D eigenvalue weighted by molar-refractivity contribution is -0.131. The molecule has 0 radical (unpaired) electrons. The number of fused-ring (bicyclic) bond motifs is 1. The minimum atomic E-state index is -1.45. The number of carboxylic acids is 1. The molecule has 0 fully saturated rings. The molecule has 0 aliphatic rings. The molecule has 1 heterocycles. The van der Waals surface area contributed by atoms with E-state index in [1.807, 2.05) is 6.92 Å². The maximum absolute atomic E-state index is 11.2. The second-order valence-electron chi connectivity index (χ2n) is 3.21. The molecule has 0 aliphatic heterocycles. The summed E-state index contributed by atoms with van der Waals surface area (Å²) in [6.45, 7) is 1.81. The van der Waals surface area contributed by atoms with Gasteiger partial charge >= 0.3 is 5.97 Å². The predicted octanol–water partition coefficient (Wildman–Crippen LogP) is 1.14. The van der Waals surface area contributed by atoms with Crippen LogP contribution in [0.3, 0.4) is 0 Å². The zero-order valence-electron chi connectivity index (χ0n) is 7.94. The number of hydrogen-bond donors (Lipinski definition) is 2. The van der Waals surface area contributed by atoms with Crippen molar-refractivity contribution in [2.75, 3.05) is 0 Å². The molecule has 2 rings (SSSR count). The van der Waals surface area contributed by atoms with Crippen molar-refractivity contribution in [3.05, 3.63) is 29.5 Å². The average molecular weight is 204 g/mol. The normalized spacial score (nSPS) is 10.5. The Morgan fingerprint density at radius 3 is 2.80 bits per heavy atom. The number of aromatic nitrogens is 2. The molecule has 0 atom stereocenters. The number of aryl methyl sites for hydroxylation is 1. The Labute approximate surface area is 84.7 Å². The molecule has 0 spiro atoms. The molecule has 0 aliphatic carbocycles. The molecule has 5 heteroatoms. The molecule has 1 aromatic carbocycles. The van der Waals surface area contributed by atoms with Crippen molar-refractivity contribution in [3.63, 3.8) is 0 Å². The van der Waals surface area contributed by atoms with Crippen molar-refractivity contribution in [2.24, 2.45) is 0 Å². The first-order chi connectivity index (χ1) is 7.09. The molecule has 15 heavy (non-hydrogen) atoms. The third-order valence-electron chi connectivity index (χ3n) is 2.20. The second-order valence-corrected chi connectivity index (χ2v) is 3.21. The van der Waals surface area contributed by atoms with Crippen molar-refractivity contribution < 1.29 is 14.7 Å². The summed E-state index contributed by atoms with van der Waals surface area (Å²) in [5.41, 5.74) is 1.69. The number of carbonyl (C=O) groups excluding carboxylic acids is 1. The topological polar surface area (TPSA) is 83.0 Å². The summed E-state index contributed by atoms with van der Waals surface area (Å²) >= 11 is 0. The van der Waals surface area contributed by atoms with Gasteiger partial charge in [0.1, 0.15) is 0 Å². The molecular weight excluding hydrogens is 196 g/mol. The number of nitrogens with one attached hydrogen (secondary N) is 1.